The summed E-state index contributed by atoms with van der Waals surface area (Å²) >= 11 is 15.2. The van der Waals surface area contributed by atoms with E-state index in [0.717, 1.165) is 4.90 Å². The van der Waals surface area contributed by atoms with Crippen LogP contribution in [0.4, 0.5) is 0 Å². The van der Waals surface area contributed by atoms with Crippen molar-refractivity contribution in [1.82, 2.24) is 0 Å². The van der Waals surface area contributed by atoms with Crippen LogP contribution >= 0.6 is 35.8 Å². The lowest BCUT2D eigenvalue weighted by Crippen LogP contribution is -1.61. The quantitative estimate of drug-likeness (QED) is 0.633. The molecule has 0 saturated heterocycles. The van der Waals surface area contributed by atoms with Crippen LogP contribution in [0.5, 0.6) is 0 Å². The van der Waals surface area contributed by atoms with Crippen LogP contribution in [0.25, 0.3) is 0 Å². The first-order valence-corrected chi connectivity index (χ1v) is 5.54. The molecule has 2 aromatic carbocycles. The lowest BCUT2D eigenvalue weighted by molar-refractivity contribution is 1.48. The summed E-state index contributed by atoms with van der Waals surface area (Å²) in [6.07, 6.45) is 0. The Hall–Kier alpha value is -0.630. The summed E-state index contributed by atoms with van der Waals surface area (Å²) in [7, 11) is 0. The standard InChI is InChI=1S/C6H4Cl2.C6H6S/c7-5-2-1-3-6(8)4-5;7-6-4-2-1-3-5-6/h1-4H;1-5,7H. The minimum absolute atomic E-state index is 0.678. The Morgan fingerprint density at radius 3 is 1.53 bits per heavy atom. The predicted octanol–water partition coefficient (Wildman–Crippen LogP) is 4.97. The van der Waals surface area contributed by atoms with E-state index in [1.807, 2.05) is 36.4 Å². The first-order valence-electron chi connectivity index (χ1n) is 4.33. The van der Waals surface area contributed by atoms with Crippen LogP contribution in [0.1, 0.15) is 0 Å². The van der Waals surface area contributed by atoms with Crippen LogP contribution in [-0.4, -0.2) is 0 Å². The minimum Gasteiger partial charge on any atom is -0.143 e. The van der Waals surface area contributed by atoms with Crippen molar-refractivity contribution in [2.45, 2.75) is 4.90 Å². The lowest BCUT2D eigenvalue weighted by atomic mass is 10.4. The van der Waals surface area contributed by atoms with Gasteiger partial charge >= 0.3 is 0 Å². The number of halogens is 2. The first kappa shape index (κ1) is 12.4. The number of thiol groups is 1. The fourth-order valence-electron chi connectivity index (χ4n) is 0.888. The second-order valence-electron chi connectivity index (χ2n) is 2.78. The van der Waals surface area contributed by atoms with E-state index in [1.54, 1.807) is 18.2 Å². The fourth-order valence-corrected chi connectivity index (χ4v) is 1.50. The van der Waals surface area contributed by atoms with E-state index in [9.17, 15) is 0 Å². The second kappa shape index (κ2) is 6.78. The Kier molecular flexibility index (Phi) is 5.62. The van der Waals surface area contributed by atoms with Gasteiger partial charge in [0.1, 0.15) is 0 Å². The van der Waals surface area contributed by atoms with E-state index < -0.39 is 0 Å². The largest absolute Gasteiger partial charge is 0.143 e. The van der Waals surface area contributed by atoms with Crippen LogP contribution < -0.4 is 0 Å². The monoisotopic (exact) mass is 256 g/mol. The van der Waals surface area contributed by atoms with Crippen molar-refractivity contribution >= 4 is 35.8 Å². The molecule has 0 aliphatic rings. The molecule has 0 unspecified atom stereocenters. The van der Waals surface area contributed by atoms with Crippen LogP contribution in [0.3, 0.4) is 0 Å². The molecule has 0 spiro atoms. The maximum atomic E-state index is 5.56. The van der Waals surface area contributed by atoms with Gasteiger partial charge in [-0.15, -0.1) is 12.6 Å². The minimum atomic E-state index is 0.678. The zero-order chi connectivity index (χ0) is 11.1. The zero-order valence-corrected chi connectivity index (χ0v) is 10.3. The van der Waals surface area contributed by atoms with Gasteiger partial charge in [0.05, 0.1) is 0 Å². The highest BCUT2D eigenvalue weighted by atomic mass is 35.5. The van der Waals surface area contributed by atoms with Crippen molar-refractivity contribution in [3.8, 4) is 0 Å². The highest BCUT2D eigenvalue weighted by Crippen LogP contribution is 2.13. The number of hydrogen-bond donors (Lipinski definition) is 1. The van der Waals surface area contributed by atoms with Gasteiger partial charge in [0.15, 0.2) is 0 Å². The average Bonchev–Trinajstić information content (AvgIpc) is 2.19. The second-order valence-corrected chi connectivity index (χ2v) is 4.16. The summed E-state index contributed by atoms with van der Waals surface area (Å²) in [5.74, 6) is 0. The molecular weight excluding hydrogens is 247 g/mol. The summed E-state index contributed by atoms with van der Waals surface area (Å²) < 4.78 is 0. The van der Waals surface area contributed by atoms with Gasteiger partial charge in [-0.1, -0.05) is 47.5 Å². The molecule has 0 aliphatic heterocycles. The Bertz CT molecular complexity index is 384. The van der Waals surface area contributed by atoms with Crippen molar-refractivity contribution in [2.75, 3.05) is 0 Å². The maximum absolute atomic E-state index is 5.56. The van der Waals surface area contributed by atoms with Gasteiger partial charge < -0.3 is 0 Å². The Morgan fingerprint density at radius 2 is 1.27 bits per heavy atom. The third kappa shape index (κ3) is 5.73. The molecule has 0 N–H and O–H groups in total. The molecule has 0 atom stereocenters. The molecule has 0 radical (unpaired) electrons. The first-order chi connectivity index (χ1) is 7.18. The van der Waals surface area contributed by atoms with Crippen molar-refractivity contribution in [3.05, 3.63) is 64.6 Å². The van der Waals surface area contributed by atoms with Gasteiger partial charge in [0, 0.05) is 14.9 Å². The average molecular weight is 257 g/mol. The number of rotatable bonds is 0. The molecule has 78 valence electrons. The van der Waals surface area contributed by atoms with Gasteiger partial charge in [0.25, 0.3) is 0 Å². The number of benzene rings is 2. The van der Waals surface area contributed by atoms with Crippen molar-refractivity contribution in [2.24, 2.45) is 0 Å². The molecule has 0 nitrogen and oxygen atoms in total. The zero-order valence-electron chi connectivity index (χ0n) is 7.90. The molecule has 0 fully saturated rings. The van der Waals surface area contributed by atoms with Crippen LogP contribution in [0.15, 0.2) is 59.5 Å². The highest BCUT2D eigenvalue weighted by molar-refractivity contribution is 7.80. The van der Waals surface area contributed by atoms with Crippen molar-refractivity contribution < 1.29 is 0 Å². The van der Waals surface area contributed by atoms with Gasteiger partial charge in [-0.25, -0.2) is 0 Å². The molecule has 2 aromatic rings. The Balaban J connectivity index is 0.000000151. The molecule has 3 heteroatoms. The molecule has 0 aliphatic carbocycles. The molecule has 0 heterocycles. The third-order valence-electron chi connectivity index (χ3n) is 1.54. The summed E-state index contributed by atoms with van der Waals surface area (Å²) in [5.41, 5.74) is 0. The van der Waals surface area contributed by atoms with Crippen LogP contribution in [-0.2, 0) is 0 Å². The summed E-state index contributed by atoms with van der Waals surface area (Å²) in [6.45, 7) is 0. The topological polar surface area (TPSA) is 0 Å². The van der Waals surface area contributed by atoms with Gasteiger partial charge in [-0.2, -0.15) is 0 Å². The maximum Gasteiger partial charge on any atom is 0.0420 e. The van der Waals surface area contributed by atoms with Crippen LogP contribution in [0, 0.1) is 0 Å². The molecule has 2 rings (SSSR count). The van der Waals surface area contributed by atoms with E-state index in [4.69, 9.17) is 23.2 Å². The molecule has 0 aromatic heterocycles. The third-order valence-corrected chi connectivity index (χ3v) is 2.31. The number of hydrogen-bond acceptors (Lipinski definition) is 1. The molecule has 15 heavy (non-hydrogen) atoms. The van der Waals surface area contributed by atoms with Gasteiger partial charge in [0.2, 0.25) is 0 Å². The predicted molar refractivity (Wildman–Crippen MR) is 70.2 cm³/mol. The molecule has 0 saturated carbocycles. The summed E-state index contributed by atoms with van der Waals surface area (Å²) in [6, 6.07) is 16.9. The van der Waals surface area contributed by atoms with E-state index >= 15 is 0 Å². The van der Waals surface area contributed by atoms with E-state index in [1.165, 1.54) is 0 Å². The Labute approximate surface area is 105 Å². The molecular formula is C12H10Cl2S. The summed E-state index contributed by atoms with van der Waals surface area (Å²) in [5, 5.41) is 1.36. The van der Waals surface area contributed by atoms with E-state index in [0.29, 0.717) is 10.0 Å². The lowest BCUT2D eigenvalue weighted by Gasteiger charge is -1.86. The Morgan fingerprint density at radius 1 is 0.733 bits per heavy atom. The normalized spacial score (nSPS) is 9.00. The van der Waals surface area contributed by atoms with Crippen molar-refractivity contribution in [3.63, 3.8) is 0 Å². The SMILES string of the molecule is Clc1cccc(Cl)c1.Sc1ccccc1. The van der Waals surface area contributed by atoms with Crippen LogP contribution in [0.2, 0.25) is 10.0 Å². The van der Waals surface area contributed by atoms with E-state index in [2.05, 4.69) is 12.6 Å². The van der Waals surface area contributed by atoms with E-state index in [-0.39, 0.29) is 0 Å². The fraction of sp³-hybridized carbons (Fsp3) is 0. The molecule has 0 bridgehead atoms. The van der Waals surface area contributed by atoms with Crippen molar-refractivity contribution in [1.29, 1.82) is 0 Å². The highest BCUT2D eigenvalue weighted by Gasteiger charge is 1.85. The van der Waals surface area contributed by atoms with Gasteiger partial charge in [-0.05, 0) is 30.3 Å². The van der Waals surface area contributed by atoms with Gasteiger partial charge in [-0.3, -0.25) is 0 Å². The summed E-state index contributed by atoms with van der Waals surface area (Å²) in [4.78, 5) is 1.02. The smallest absolute Gasteiger partial charge is 0.0420 e. The molecule has 0 amide bonds.